The summed E-state index contributed by atoms with van der Waals surface area (Å²) in [5, 5.41) is 31.8. The zero-order valence-corrected chi connectivity index (χ0v) is 16.3. The molecule has 0 bridgehead atoms. The maximum atomic E-state index is 13.5. The van der Waals surface area contributed by atoms with Crippen LogP contribution in [0, 0.1) is 5.82 Å². The Kier molecular flexibility index (Phi) is 4.49. The molecule has 162 valence electrons. The van der Waals surface area contributed by atoms with E-state index in [1.54, 1.807) is 6.07 Å². The molecule has 0 radical (unpaired) electrons. The molecule has 3 amide bonds. The summed E-state index contributed by atoms with van der Waals surface area (Å²) in [7, 11) is 0. The second kappa shape index (κ2) is 7.22. The van der Waals surface area contributed by atoms with Crippen molar-refractivity contribution in [2.24, 2.45) is 5.16 Å². The maximum absolute atomic E-state index is 13.5. The van der Waals surface area contributed by atoms with Crippen LogP contribution in [0.5, 0.6) is 0 Å². The largest absolute Gasteiger partial charge is 0.409 e. The van der Waals surface area contributed by atoms with Gasteiger partial charge in [0.25, 0.3) is 5.91 Å². The first-order valence-electron chi connectivity index (χ1n) is 9.97. The molecule has 1 saturated carbocycles. The SMILES string of the molecule is O=C1NC(=O)C2(CCC(Nc3nonc3/C(=N\O)NC3Cc4ccc(F)cc43)CC2)N1. The lowest BCUT2D eigenvalue weighted by Gasteiger charge is -2.35. The van der Waals surface area contributed by atoms with Crippen LogP contribution < -0.4 is 21.3 Å². The lowest BCUT2D eigenvalue weighted by atomic mass is 9.79. The molecule has 1 aromatic carbocycles. The Morgan fingerprint density at radius 2 is 2.10 bits per heavy atom. The van der Waals surface area contributed by atoms with Crippen LogP contribution in [0.2, 0.25) is 0 Å². The number of imide groups is 1. The minimum absolute atomic E-state index is 0.0416. The Labute approximate surface area is 175 Å². The van der Waals surface area contributed by atoms with Gasteiger partial charge in [0.15, 0.2) is 11.5 Å². The molecule has 1 saturated heterocycles. The van der Waals surface area contributed by atoms with Crippen molar-refractivity contribution in [3.63, 3.8) is 0 Å². The summed E-state index contributed by atoms with van der Waals surface area (Å²) in [5.74, 6) is -0.283. The van der Waals surface area contributed by atoms with Crippen molar-refractivity contribution in [1.82, 2.24) is 26.3 Å². The molecule has 2 fully saturated rings. The van der Waals surface area contributed by atoms with Crippen molar-refractivity contribution in [2.45, 2.75) is 49.7 Å². The predicted octanol–water partition coefficient (Wildman–Crippen LogP) is 1.16. The van der Waals surface area contributed by atoms with Crippen LogP contribution in [0.15, 0.2) is 28.0 Å². The predicted molar refractivity (Wildman–Crippen MR) is 104 cm³/mol. The number of amidine groups is 1. The van der Waals surface area contributed by atoms with E-state index in [9.17, 15) is 19.2 Å². The Morgan fingerprint density at radius 1 is 1.29 bits per heavy atom. The van der Waals surface area contributed by atoms with Crippen molar-refractivity contribution in [3.05, 3.63) is 40.8 Å². The first-order chi connectivity index (χ1) is 15.0. The third-order valence-corrected chi connectivity index (χ3v) is 6.23. The number of fused-ring (bicyclic) bond motifs is 1. The van der Waals surface area contributed by atoms with Gasteiger partial charge in [-0.2, -0.15) is 0 Å². The lowest BCUT2D eigenvalue weighted by molar-refractivity contribution is -0.125. The number of carbonyl (C=O) groups excluding carboxylic acids is 2. The molecule has 2 heterocycles. The molecule has 12 heteroatoms. The van der Waals surface area contributed by atoms with Crippen LogP contribution in [0.4, 0.5) is 15.0 Å². The molecule has 5 N–H and O–H groups in total. The quantitative estimate of drug-likeness (QED) is 0.160. The summed E-state index contributed by atoms with van der Waals surface area (Å²) < 4.78 is 18.4. The van der Waals surface area contributed by atoms with Gasteiger partial charge in [0.2, 0.25) is 5.82 Å². The summed E-state index contributed by atoms with van der Waals surface area (Å²) in [6.45, 7) is 0. The van der Waals surface area contributed by atoms with Gasteiger partial charge >= 0.3 is 6.03 Å². The van der Waals surface area contributed by atoms with Gasteiger partial charge in [-0.05, 0) is 65.7 Å². The van der Waals surface area contributed by atoms with Gasteiger partial charge in [-0.15, -0.1) is 0 Å². The highest BCUT2D eigenvalue weighted by atomic mass is 19.1. The standard InChI is InChI=1S/C19H20FN7O4/c20-10-2-1-9-7-13(12(9)8-10)22-15(25-30)14-16(27-31-26-14)21-11-3-5-19(6-4-11)17(28)23-18(29)24-19/h1-2,8,11,13,30H,3-7H2,(H,21,27)(H,22,25)(H2,23,24,28,29). The van der Waals surface area contributed by atoms with Gasteiger partial charge in [0.1, 0.15) is 11.4 Å². The van der Waals surface area contributed by atoms with Crippen LogP contribution >= 0.6 is 0 Å². The normalized spacial score (nSPS) is 27.3. The topological polar surface area (TPSA) is 154 Å². The van der Waals surface area contributed by atoms with E-state index in [2.05, 4.69) is 36.7 Å². The maximum Gasteiger partial charge on any atom is 0.322 e. The summed E-state index contributed by atoms with van der Waals surface area (Å²) in [6, 6.07) is 3.86. The van der Waals surface area contributed by atoms with Crippen LogP contribution in [0.25, 0.3) is 0 Å². The average Bonchev–Trinajstić information content (AvgIpc) is 3.30. The van der Waals surface area contributed by atoms with E-state index < -0.39 is 11.6 Å². The first-order valence-corrected chi connectivity index (χ1v) is 9.97. The molecule has 1 atom stereocenters. The van der Waals surface area contributed by atoms with E-state index >= 15 is 0 Å². The number of carbonyl (C=O) groups is 2. The van der Waals surface area contributed by atoms with Crippen LogP contribution in [0.1, 0.15) is 48.5 Å². The number of nitrogens with one attached hydrogen (secondary N) is 4. The van der Waals surface area contributed by atoms with Crippen LogP contribution in [0.3, 0.4) is 0 Å². The zero-order valence-electron chi connectivity index (χ0n) is 16.3. The molecule has 1 spiro atoms. The number of anilines is 1. The monoisotopic (exact) mass is 429 g/mol. The highest BCUT2D eigenvalue weighted by Gasteiger charge is 2.48. The number of nitrogens with zero attached hydrogens (tertiary/aromatic N) is 3. The fraction of sp³-hybridized carbons (Fsp3) is 0.421. The molecule has 2 aromatic rings. The minimum Gasteiger partial charge on any atom is -0.409 e. The molecular formula is C19H20FN7O4. The van der Waals surface area contributed by atoms with E-state index in [0.717, 1.165) is 11.1 Å². The lowest BCUT2D eigenvalue weighted by Crippen LogP contribution is -2.51. The molecule has 1 unspecified atom stereocenters. The Hall–Kier alpha value is -3.70. The third kappa shape index (κ3) is 3.33. The van der Waals surface area contributed by atoms with Gasteiger partial charge in [0, 0.05) is 6.04 Å². The molecule has 5 rings (SSSR count). The Bertz CT molecular complexity index is 1080. The summed E-state index contributed by atoms with van der Waals surface area (Å²) >= 11 is 0. The molecule has 1 aromatic heterocycles. The molecule has 31 heavy (non-hydrogen) atoms. The smallest absolute Gasteiger partial charge is 0.322 e. The number of amides is 3. The van der Waals surface area contributed by atoms with Gasteiger partial charge in [0.05, 0.1) is 6.04 Å². The third-order valence-electron chi connectivity index (χ3n) is 6.23. The number of aromatic nitrogens is 2. The van der Waals surface area contributed by atoms with Crippen molar-refractivity contribution < 1.29 is 23.8 Å². The molecule has 3 aliphatic rings. The van der Waals surface area contributed by atoms with Crippen LogP contribution in [-0.2, 0) is 11.2 Å². The van der Waals surface area contributed by atoms with Crippen molar-refractivity contribution >= 4 is 23.6 Å². The summed E-state index contributed by atoms with van der Waals surface area (Å²) in [6.07, 6.45) is 2.82. The summed E-state index contributed by atoms with van der Waals surface area (Å²) in [5.41, 5.74) is 1.15. The number of rotatable bonds is 4. The summed E-state index contributed by atoms with van der Waals surface area (Å²) in [4.78, 5) is 23.6. The van der Waals surface area contributed by atoms with Gasteiger partial charge in [-0.3, -0.25) is 10.1 Å². The fourth-order valence-corrected chi connectivity index (χ4v) is 4.48. The van der Waals surface area contributed by atoms with E-state index in [-0.39, 0.29) is 35.3 Å². The van der Waals surface area contributed by atoms with Crippen molar-refractivity contribution in [1.29, 1.82) is 0 Å². The van der Waals surface area contributed by atoms with Crippen molar-refractivity contribution in [3.8, 4) is 0 Å². The Balaban J connectivity index is 1.25. The number of benzene rings is 1. The molecular weight excluding hydrogens is 409 g/mol. The minimum atomic E-state index is -0.855. The van der Waals surface area contributed by atoms with Gasteiger partial charge in [-0.1, -0.05) is 11.2 Å². The number of urea groups is 1. The first kappa shape index (κ1) is 19.3. The number of hydrogen-bond acceptors (Lipinski definition) is 8. The fourth-order valence-electron chi connectivity index (χ4n) is 4.48. The second-order valence-corrected chi connectivity index (χ2v) is 8.06. The number of oxime groups is 1. The van der Waals surface area contributed by atoms with Gasteiger partial charge < -0.3 is 21.2 Å². The highest BCUT2D eigenvalue weighted by molar-refractivity contribution is 6.07. The molecule has 2 aliphatic carbocycles. The zero-order chi connectivity index (χ0) is 21.6. The van der Waals surface area contributed by atoms with E-state index in [1.165, 1.54) is 12.1 Å². The van der Waals surface area contributed by atoms with E-state index in [4.69, 9.17) is 4.63 Å². The number of hydrogen-bond donors (Lipinski definition) is 5. The van der Waals surface area contributed by atoms with Crippen molar-refractivity contribution in [2.75, 3.05) is 5.32 Å². The van der Waals surface area contributed by atoms with E-state index in [1.807, 2.05) is 0 Å². The number of halogens is 1. The molecule has 1 aliphatic heterocycles. The van der Waals surface area contributed by atoms with E-state index in [0.29, 0.717) is 37.9 Å². The highest BCUT2D eigenvalue weighted by Crippen LogP contribution is 2.35. The second-order valence-electron chi connectivity index (χ2n) is 8.06. The average molecular weight is 429 g/mol. The molecule has 11 nitrogen and oxygen atoms in total. The van der Waals surface area contributed by atoms with Crippen LogP contribution in [-0.4, -0.2) is 44.9 Å². The Morgan fingerprint density at radius 3 is 2.81 bits per heavy atom. The van der Waals surface area contributed by atoms with Gasteiger partial charge in [-0.25, -0.2) is 13.8 Å².